The van der Waals surface area contributed by atoms with E-state index in [1.165, 1.54) is 23.4 Å². The van der Waals surface area contributed by atoms with Crippen molar-refractivity contribution < 1.29 is 9.53 Å². The summed E-state index contributed by atoms with van der Waals surface area (Å²) < 4.78 is 6.77. The van der Waals surface area contributed by atoms with Crippen LogP contribution in [-0.4, -0.2) is 33.0 Å². The third-order valence-corrected chi connectivity index (χ3v) is 5.19. The molecule has 2 aromatic carbocycles. The second-order valence-electron chi connectivity index (χ2n) is 6.18. The average molecular weight is 440 g/mol. The molecule has 9 heteroatoms. The number of thioether (sulfide) groups is 1. The molecule has 1 heterocycles. The van der Waals surface area contributed by atoms with Crippen LogP contribution < -0.4 is 15.5 Å². The van der Waals surface area contributed by atoms with E-state index in [4.69, 9.17) is 17.0 Å². The van der Waals surface area contributed by atoms with Gasteiger partial charge in [-0.1, -0.05) is 54.2 Å². The van der Waals surface area contributed by atoms with Gasteiger partial charge in [0.05, 0.1) is 7.11 Å². The first-order chi connectivity index (χ1) is 14.5. The van der Waals surface area contributed by atoms with E-state index in [9.17, 15) is 4.79 Å². The second kappa shape index (κ2) is 10.6. The largest absolute Gasteiger partial charge is 0.497 e. The first-order valence-corrected chi connectivity index (χ1v) is 10.5. The number of aromatic nitrogens is 3. The number of thiocarbonyl (C=S) groups is 1. The van der Waals surface area contributed by atoms with Gasteiger partial charge >= 0.3 is 0 Å². The van der Waals surface area contributed by atoms with Crippen LogP contribution in [0.25, 0.3) is 6.08 Å². The fourth-order valence-electron chi connectivity index (χ4n) is 2.46. The summed E-state index contributed by atoms with van der Waals surface area (Å²) in [7, 11) is 1.61. The van der Waals surface area contributed by atoms with Gasteiger partial charge in [-0.25, -0.2) is 4.68 Å². The third kappa shape index (κ3) is 6.16. The lowest BCUT2D eigenvalue weighted by atomic mass is 10.2. The van der Waals surface area contributed by atoms with Gasteiger partial charge in [-0.05, 0) is 48.5 Å². The summed E-state index contributed by atoms with van der Waals surface area (Å²) >= 11 is 6.78. The van der Waals surface area contributed by atoms with Gasteiger partial charge in [0.25, 0.3) is 0 Å². The van der Waals surface area contributed by atoms with Crippen molar-refractivity contribution in [2.45, 2.75) is 17.8 Å². The Balaban J connectivity index is 1.55. The molecule has 0 fully saturated rings. The summed E-state index contributed by atoms with van der Waals surface area (Å²) in [6, 6.07) is 17.4. The molecule has 0 spiro atoms. The molecule has 0 bridgehead atoms. The minimum atomic E-state index is -0.340. The van der Waals surface area contributed by atoms with Crippen molar-refractivity contribution in [2.75, 3.05) is 12.5 Å². The highest BCUT2D eigenvalue weighted by Crippen LogP contribution is 2.20. The lowest BCUT2D eigenvalue weighted by Crippen LogP contribution is -2.37. The van der Waals surface area contributed by atoms with Crippen LogP contribution in [0.15, 0.2) is 65.8 Å². The highest BCUT2D eigenvalue weighted by Gasteiger charge is 2.12. The lowest BCUT2D eigenvalue weighted by molar-refractivity contribution is -0.115. The quantitative estimate of drug-likeness (QED) is 0.331. The van der Waals surface area contributed by atoms with E-state index in [-0.39, 0.29) is 11.0 Å². The SMILES string of the molecule is COc1ccc(C=CC(=O)NC(=S)Nn2c(C)nnc2SCc2ccccc2)cc1. The number of methoxy groups -OCH3 is 1. The molecule has 2 N–H and O–H groups in total. The molecule has 1 amide bonds. The molecule has 0 aliphatic rings. The maximum atomic E-state index is 12.2. The number of hydrogen-bond acceptors (Lipinski definition) is 6. The molecule has 0 atom stereocenters. The molecule has 0 saturated heterocycles. The van der Waals surface area contributed by atoms with E-state index in [2.05, 4.69) is 20.9 Å². The molecular formula is C21H21N5O2S2. The molecule has 0 aliphatic heterocycles. The zero-order valence-electron chi connectivity index (χ0n) is 16.5. The first kappa shape index (κ1) is 21.5. The summed E-state index contributed by atoms with van der Waals surface area (Å²) in [5.41, 5.74) is 5.01. The fraction of sp³-hybridized carbons (Fsp3) is 0.143. The van der Waals surface area contributed by atoms with E-state index >= 15 is 0 Å². The predicted octanol–water partition coefficient (Wildman–Crippen LogP) is 3.55. The molecule has 3 aromatic rings. The number of benzene rings is 2. The molecule has 1 aromatic heterocycles. The van der Waals surface area contributed by atoms with Crippen molar-refractivity contribution in [3.8, 4) is 5.75 Å². The van der Waals surface area contributed by atoms with E-state index in [1.807, 2.05) is 54.6 Å². The van der Waals surface area contributed by atoms with Gasteiger partial charge in [-0.15, -0.1) is 10.2 Å². The van der Waals surface area contributed by atoms with Gasteiger partial charge in [-0.2, -0.15) is 0 Å². The zero-order chi connectivity index (χ0) is 21.3. The van der Waals surface area contributed by atoms with Crippen molar-refractivity contribution in [3.05, 3.63) is 77.6 Å². The van der Waals surface area contributed by atoms with Crippen LogP contribution in [0.5, 0.6) is 5.75 Å². The van der Waals surface area contributed by atoms with Gasteiger partial charge < -0.3 is 4.74 Å². The number of ether oxygens (including phenoxy) is 1. The summed E-state index contributed by atoms with van der Waals surface area (Å²) in [5.74, 6) is 1.79. The molecule has 7 nitrogen and oxygen atoms in total. The van der Waals surface area contributed by atoms with Crippen molar-refractivity contribution >= 4 is 41.1 Å². The molecule has 0 saturated carbocycles. The Bertz CT molecular complexity index is 1030. The van der Waals surface area contributed by atoms with E-state index < -0.39 is 0 Å². The maximum Gasteiger partial charge on any atom is 0.250 e. The maximum absolute atomic E-state index is 12.2. The number of nitrogens with one attached hydrogen (secondary N) is 2. The van der Waals surface area contributed by atoms with Crippen LogP contribution >= 0.6 is 24.0 Å². The van der Waals surface area contributed by atoms with Crippen molar-refractivity contribution in [3.63, 3.8) is 0 Å². The number of hydrogen-bond donors (Lipinski definition) is 2. The van der Waals surface area contributed by atoms with Crippen LogP contribution in [0.4, 0.5) is 0 Å². The molecule has 0 unspecified atom stereocenters. The molecule has 30 heavy (non-hydrogen) atoms. The average Bonchev–Trinajstić information content (AvgIpc) is 3.11. The lowest BCUT2D eigenvalue weighted by Gasteiger charge is -2.12. The molecule has 154 valence electrons. The number of rotatable bonds is 7. The summed E-state index contributed by atoms with van der Waals surface area (Å²) in [5, 5.41) is 11.7. The second-order valence-corrected chi connectivity index (χ2v) is 7.53. The minimum Gasteiger partial charge on any atom is -0.497 e. The van der Waals surface area contributed by atoms with E-state index in [0.29, 0.717) is 11.0 Å². The molecule has 0 aliphatic carbocycles. The Hall–Kier alpha value is -3.17. The number of carbonyl (C=O) groups is 1. The molecular weight excluding hydrogens is 418 g/mol. The Labute approximate surface area is 184 Å². The predicted molar refractivity (Wildman–Crippen MR) is 123 cm³/mol. The topological polar surface area (TPSA) is 81.1 Å². The van der Waals surface area contributed by atoms with E-state index in [1.54, 1.807) is 24.8 Å². The van der Waals surface area contributed by atoms with Crippen LogP contribution in [0.2, 0.25) is 0 Å². The number of aryl methyl sites for hydroxylation is 1. The van der Waals surface area contributed by atoms with Crippen LogP contribution in [0, 0.1) is 6.92 Å². The monoisotopic (exact) mass is 439 g/mol. The Morgan fingerprint density at radius 3 is 2.60 bits per heavy atom. The van der Waals surface area contributed by atoms with E-state index in [0.717, 1.165) is 17.1 Å². The Kier molecular flexibility index (Phi) is 7.58. The normalized spacial score (nSPS) is 10.7. The Morgan fingerprint density at radius 1 is 1.17 bits per heavy atom. The Morgan fingerprint density at radius 2 is 1.90 bits per heavy atom. The standard InChI is InChI=1S/C21H21N5O2S2/c1-15-23-24-21(30-14-17-6-4-3-5-7-17)26(15)25-20(29)22-19(27)13-10-16-8-11-18(28-2)12-9-16/h3-13H,14H2,1-2H3,(H2,22,25,27,29). The van der Waals surface area contributed by atoms with Crippen molar-refractivity contribution in [1.29, 1.82) is 0 Å². The van der Waals surface area contributed by atoms with Crippen LogP contribution in [0.1, 0.15) is 17.0 Å². The third-order valence-electron chi connectivity index (χ3n) is 4.00. The highest BCUT2D eigenvalue weighted by atomic mass is 32.2. The van der Waals surface area contributed by atoms with Gasteiger partial charge in [-0.3, -0.25) is 15.5 Å². The summed E-state index contributed by atoms with van der Waals surface area (Å²) in [4.78, 5) is 12.2. The summed E-state index contributed by atoms with van der Waals surface area (Å²) in [6.07, 6.45) is 3.11. The van der Waals surface area contributed by atoms with Crippen LogP contribution in [-0.2, 0) is 10.5 Å². The van der Waals surface area contributed by atoms with Gasteiger partial charge in [0.2, 0.25) is 11.1 Å². The van der Waals surface area contributed by atoms with Crippen molar-refractivity contribution in [1.82, 2.24) is 20.2 Å². The smallest absolute Gasteiger partial charge is 0.250 e. The van der Waals surface area contributed by atoms with Gasteiger partial charge in [0, 0.05) is 11.8 Å². The molecule has 0 radical (unpaired) electrons. The van der Waals surface area contributed by atoms with Gasteiger partial charge in [0.1, 0.15) is 11.6 Å². The number of carbonyl (C=O) groups excluding carboxylic acids is 1. The van der Waals surface area contributed by atoms with Crippen molar-refractivity contribution in [2.24, 2.45) is 0 Å². The number of nitrogens with zero attached hydrogens (tertiary/aromatic N) is 3. The number of amides is 1. The first-order valence-electron chi connectivity index (χ1n) is 9.08. The van der Waals surface area contributed by atoms with Gasteiger partial charge in [0.15, 0.2) is 5.11 Å². The highest BCUT2D eigenvalue weighted by molar-refractivity contribution is 7.98. The summed E-state index contributed by atoms with van der Waals surface area (Å²) in [6.45, 7) is 1.81. The fourth-order valence-corrected chi connectivity index (χ4v) is 3.54. The van der Waals surface area contributed by atoms with Crippen LogP contribution in [0.3, 0.4) is 0 Å². The minimum absolute atomic E-state index is 0.156. The zero-order valence-corrected chi connectivity index (χ0v) is 18.2. The molecule has 3 rings (SSSR count).